The normalized spacial score (nSPS) is 33.9. The summed E-state index contributed by atoms with van der Waals surface area (Å²) in [6.45, 7) is 0. The van der Waals surface area contributed by atoms with Gasteiger partial charge in [-0.1, -0.05) is 72.8 Å². The molecule has 0 aromatic heterocycles. The third-order valence-corrected chi connectivity index (χ3v) is 16.0. The van der Waals surface area contributed by atoms with Gasteiger partial charge in [0.15, 0.2) is 0 Å². The molecule has 1 aliphatic heterocycles. The van der Waals surface area contributed by atoms with Gasteiger partial charge in [-0.25, -0.2) is 9.13 Å². The minimum atomic E-state index is -5.02. The topological polar surface area (TPSA) is 123 Å². The average Bonchev–Trinajstić information content (AvgIpc) is 3.98. The fraction of sp³-hybridized carbons (Fsp3) is 0.286. The summed E-state index contributed by atoms with van der Waals surface area (Å²) in [5.74, 6) is 1.06. The second kappa shape index (κ2) is 8.53. The summed E-state index contributed by atoms with van der Waals surface area (Å²) in [5, 5.41) is 0. The van der Waals surface area contributed by atoms with E-state index in [9.17, 15) is 23.8 Å². The van der Waals surface area contributed by atoms with Crippen LogP contribution in [0.3, 0.4) is 0 Å². The van der Waals surface area contributed by atoms with Crippen molar-refractivity contribution in [1.29, 1.82) is 0 Å². The molecule has 1 spiro atoms. The van der Waals surface area contributed by atoms with Crippen molar-refractivity contribution in [2.24, 2.45) is 0 Å². The lowest BCUT2D eigenvalue weighted by molar-refractivity contribution is 0.0582. The molecule has 8 aliphatic carbocycles. The lowest BCUT2D eigenvalue weighted by atomic mass is 9.73. The average molecular weight is 725 g/mol. The first kappa shape index (κ1) is 28.5. The molecule has 5 aromatic rings. The molecule has 8 nitrogen and oxygen atoms in total. The molecule has 5 aromatic carbocycles. The Labute approximate surface area is 298 Å². The van der Waals surface area contributed by atoms with Gasteiger partial charge in [-0.3, -0.25) is 19.2 Å². The molecule has 3 N–H and O–H groups in total. The van der Waals surface area contributed by atoms with Crippen LogP contribution in [0.2, 0.25) is 0 Å². The van der Waals surface area contributed by atoms with E-state index < -0.39 is 21.2 Å². The van der Waals surface area contributed by atoms with Gasteiger partial charge in [0.25, 0.3) is 0 Å². The highest BCUT2D eigenvalue weighted by Gasteiger charge is 2.66. The molecule has 1 heterocycles. The van der Waals surface area contributed by atoms with Crippen LogP contribution in [0.15, 0.2) is 72.8 Å². The van der Waals surface area contributed by atoms with E-state index in [0.29, 0.717) is 47.1 Å². The number of benzene rings is 5. The number of hydrogen-bond donors (Lipinski definition) is 3. The molecular formula is C42H30O8P2. The van der Waals surface area contributed by atoms with E-state index in [1.54, 1.807) is 0 Å². The highest BCUT2D eigenvalue weighted by molar-refractivity contribution is 7.48. The summed E-state index contributed by atoms with van der Waals surface area (Å²) in [4.78, 5) is 32.4. The van der Waals surface area contributed by atoms with Crippen molar-refractivity contribution in [3.63, 3.8) is 0 Å². The Hall–Kier alpha value is -4.00. The molecule has 52 heavy (non-hydrogen) atoms. The van der Waals surface area contributed by atoms with E-state index in [1.807, 2.05) is 0 Å². The summed E-state index contributed by atoms with van der Waals surface area (Å²) in [5.41, 5.74) is 16.2. The molecule has 0 fully saturated rings. The Bertz CT molecular complexity index is 2750. The molecule has 0 saturated carbocycles. The summed E-state index contributed by atoms with van der Waals surface area (Å²) >= 11 is 0. The minimum Gasteiger partial charge on any atom is -0.404 e. The van der Waals surface area contributed by atoms with E-state index in [0.717, 1.165) is 35.1 Å². The maximum atomic E-state index is 14.0. The number of phosphoric ester groups is 2. The van der Waals surface area contributed by atoms with Crippen molar-refractivity contribution in [2.45, 2.75) is 72.7 Å². The first-order valence-corrected chi connectivity index (χ1v) is 21.4. The fourth-order valence-electron chi connectivity index (χ4n) is 13.2. The molecule has 9 aliphatic rings. The van der Waals surface area contributed by atoms with Crippen LogP contribution in [0.4, 0.5) is 0 Å². The predicted molar refractivity (Wildman–Crippen MR) is 189 cm³/mol. The van der Waals surface area contributed by atoms with Crippen LogP contribution in [-0.2, 0) is 19.3 Å². The first-order valence-electron chi connectivity index (χ1n) is 18.3. The van der Waals surface area contributed by atoms with Gasteiger partial charge in [0, 0.05) is 63.7 Å². The Morgan fingerprint density at radius 3 is 1.67 bits per heavy atom. The van der Waals surface area contributed by atoms with E-state index in [2.05, 4.69) is 72.8 Å². The zero-order valence-corrected chi connectivity index (χ0v) is 29.4. The van der Waals surface area contributed by atoms with Gasteiger partial charge in [-0.2, -0.15) is 0 Å². The molecule has 9 atom stereocenters. The SMILES string of the molecule is O=P(O)(O)Oc1c2c(c3c4c1[C@H]1C[C@]4(OP(=O)(O)O3)c3cc4c(cc31)[C@H]1C[C@@H]4c3ccccc31)[C@H]1C[C@@H]2c2cc3c(cc21)[C@H]1C[C@@H]3c2ccccc21. The van der Waals surface area contributed by atoms with Crippen LogP contribution in [0.1, 0.15) is 156 Å². The fourth-order valence-corrected chi connectivity index (χ4v) is 14.8. The Balaban J connectivity index is 1.01. The maximum absolute atomic E-state index is 14.0. The predicted octanol–water partition coefficient (Wildman–Crippen LogP) is 8.70. The third-order valence-electron chi connectivity index (χ3n) is 14.7. The van der Waals surface area contributed by atoms with Crippen molar-refractivity contribution in [1.82, 2.24) is 0 Å². The van der Waals surface area contributed by atoms with E-state index in [4.69, 9.17) is 13.6 Å². The molecule has 256 valence electrons. The number of hydrogen-bond acceptors (Lipinski definition) is 5. The first-order chi connectivity index (χ1) is 25.1. The van der Waals surface area contributed by atoms with Crippen molar-refractivity contribution in [3.05, 3.63) is 162 Å². The summed E-state index contributed by atoms with van der Waals surface area (Å²) in [6.07, 6.45) is 3.08. The lowest BCUT2D eigenvalue weighted by Gasteiger charge is -2.41. The largest absolute Gasteiger partial charge is 0.528 e. The van der Waals surface area contributed by atoms with E-state index in [-0.39, 0.29) is 35.3 Å². The Morgan fingerprint density at radius 1 is 0.635 bits per heavy atom. The van der Waals surface area contributed by atoms with E-state index in [1.165, 1.54) is 50.1 Å². The van der Waals surface area contributed by atoms with Gasteiger partial charge >= 0.3 is 15.6 Å². The molecule has 0 saturated heterocycles. The molecule has 0 radical (unpaired) electrons. The smallest absolute Gasteiger partial charge is 0.404 e. The molecule has 1 unspecified atom stereocenters. The van der Waals surface area contributed by atoms with Crippen molar-refractivity contribution < 1.29 is 37.4 Å². The monoisotopic (exact) mass is 724 g/mol. The highest BCUT2D eigenvalue weighted by atomic mass is 31.2. The Kier molecular flexibility index (Phi) is 4.67. The van der Waals surface area contributed by atoms with Crippen LogP contribution in [0, 0.1) is 0 Å². The quantitative estimate of drug-likeness (QED) is 0.155. The molecule has 0 amide bonds. The van der Waals surface area contributed by atoms with Crippen LogP contribution in [0.25, 0.3) is 0 Å². The second-order valence-corrected chi connectivity index (χ2v) is 19.0. The van der Waals surface area contributed by atoms with Gasteiger partial charge < -0.3 is 9.05 Å². The van der Waals surface area contributed by atoms with Crippen molar-refractivity contribution >= 4 is 15.6 Å². The van der Waals surface area contributed by atoms with Gasteiger partial charge in [-0.15, -0.1) is 0 Å². The van der Waals surface area contributed by atoms with Crippen LogP contribution in [-0.4, -0.2) is 14.7 Å². The third kappa shape index (κ3) is 3.04. The second-order valence-electron chi connectivity index (χ2n) is 16.5. The number of rotatable bonds is 2. The standard InChI is InChI=1S/C42H30O8P2/c43-51(44,45)48-40-36-32-14-33(29-12-26-22-9-21(25(26)11-28(29)32)17-5-1-2-6-18(17)22)37(36)41-39-38(40)34-16-42(39,50-52(46,47)49-41)35-15-30-24-10-23(27(30)13-31(34)35)19-7-3-4-8-20(19)24/h1-8,11-13,15,21-24,32-34H,9-10,14,16H2,(H,46,47)(H2,43,44,45)/t21-,22+,23+,24-,32-,33+,34+,42+/m1/s1. The number of phosphoric acid groups is 2. The van der Waals surface area contributed by atoms with Gasteiger partial charge in [0.1, 0.15) is 17.1 Å². The van der Waals surface area contributed by atoms with Crippen LogP contribution >= 0.6 is 15.6 Å². The molecule has 14 rings (SSSR count). The lowest BCUT2D eigenvalue weighted by Crippen LogP contribution is -2.33. The van der Waals surface area contributed by atoms with Crippen molar-refractivity contribution in [2.75, 3.05) is 0 Å². The summed E-state index contributed by atoms with van der Waals surface area (Å²) in [6, 6.07) is 26.5. The van der Waals surface area contributed by atoms with Crippen molar-refractivity contribution in [3.8, 4) is 11.5 Å². The van der Waals surface area contributed by atoms with E-state index >= 15 is 0 Å². The van der Waals surface area contributed by atoms with Gasteiger partial charge in [-0.05, 0) is 92.4 Å². The molecule has 8 bridgehead atoms. The van der Waals surface area contributed by atoms with Crippen LogP contribution in [0.5, 0.6) is 11.5 Å². The molecular weight excluding hydrogens is 694 g/mol. The number of fused-ring (bicyclic) bond motifs is 29. The molecule has 10 heteroatoms. The van der Waals surface area contributed by atoms with Gasteiger partial charge in [0.2, 0.25) is 0 Å². The zero-order chi connectivity index (χ0) is 34.4. The van der Waals surface area contributed by atoms with Gasteiger partial charge in [0.05, 0.1) is 0 Å². The summed E-state index contributed by atoms with van der Waals surface area (Å²) in [7, 11) is -9.63. The highest BCUT2D eigenvalue weighted by Crippen LogP contribution is 2.78. The zero-order valence-electron chi connectivity index (χ0n) is 27.6. The summed E-state index contributed by atoms with van der Waals surface area (Å²) < 4.78 is 45.1. The maximum Gasteiger partial charge on any atom is 0.528 e. The van der Waals surface area contributed by atoms with Crippen LogP contribution < -0.4 is 9.05 Å². The Morgan fingerprint density at radius 2 is 1.12 bits per heavy atom. The minimum absolute atomic E-state index is 0.171.